The monoisotopic (exact) mass is 259 g/mol. The van der Waals surface area contributed by atoms with E-state index < -0.39 is 0 Å². The van der Waals surface area contributed by atoms with Crippen LogP contribution in [0.15, 0.2) is 42.5 Å². The molecular weight excluding hydrogens is 245 g/mol. The Morgan fingerprint density at radius 3 is 2.75 bits per heavy atom. The van der Waals surface area contributed by atoms with Crippen LogP contribution in [0.1, 0.15) is 22.3 Å². The summed E-state index contributed by atoms with van der Waals surface area (Å²) < 4.78 is 5.61. The van der Waals surface area contributed by atoms with Gasteiger partial charge in [0.15, 0.2) is 0 Å². The van der Waals surface area contributed by atoms with Gasteiger partial charge >= 0.3 is 6.92 Å². The van der Waals surface area contributed by atoms with E-state index >= 15 is 0 Å². The molecule has 3 rings (SSSR count). The third kappa shape index (κ3) is 2.52. The summed E-state index contributed by atoms with van der Waals surface area (Å²) in [6, 6.07) is 16.2. The first kappa shape index (κ1) is 12.7. The SMILES string of the molecule is CB1OCc2cc(/C=C/c3cccc(C#N)c3)ccc21. The van der Waals surface area contributed by atoms with E-state index in [1.54, 1.807) is 0 Å². The lowest BCUT2D eigenvalue weighted by atomic mass is 9.64. The number of hydrogen-bond acceptors (Lipinski definition) is 2. The van der Waals surface area contributed by atoms with Crippen molar-refractivity contribution in [2.45, 2.75) is 13.4 Å². The van der Waals surface area contributed by atoms with Crippen molar-refractivity contribution in [3.8, 4) is 6.07 Å². The van der Waals surface area contributed by atoms with Crippen LogP contribution >= 0.6 is 0 Å². The number of rotatable bonds is 2. The molecule has 0 N–H and O–H groups in total. The zero-order chi connectivity index (χ0) is 13.9. The van der Waals surface area contributed by atoms with Crippen molar-refractivity contribution in [1.29, 1.82) is 5.26 Å². The van der Waals surface area contributed by atoms with E-state index in [9.17, 15) is 0 Å². The first-order valence-electron chi connectivity index (χ1n) is 6.69. The average molecular weight is 259 g/mol. The van der Waals surface area contributed by atoms with Crippen LogP contribution < -0.4 is 5.46 Å². The number of fused-ring (bicyclic) bond motifs is 1. The molecule has 1 heterocycles. The Bertz CT molecular complexity index is 715. The van der Waals surface area contributed by atoms with Gasteiger partial charge in [0.1, 0.15) is 0 Å². The number of benzene rings is 2. The molecule has 3 heteroatoms. The third-order valence-electron chi connectivity index (χ3n) is 3.58. The lowest BCUT2D eigenvalue weighted by Crippen LogP contribution is -2.23. The van der Waals surface area contributed by atoms with E-state index in [0.29, 0.717) is 12.2 Å². The van der Waals surface area contributed by atoms with E-state index in [4.69, 9.17) is 9.92 Å². The topological polar surface area (TPSA) is 33.0 Å². The summed E-state index contributed by atoms with van der Waals surface area (Å²) in [5.74, 6) is 0. The summed E-state index contributed by atoms with van der Waals surface area (Å²) in [5.41, 5.74) is 5.43. The predicted octanol–water partition coefficient (Wildman–Crippen LogP) is 3.09. The maximum atomic E-state index is 8.89. The van der Waals surface area contributed by atoms with Gasteiger partial charge < -0.3 is 4.65 Å². The summed E-state index contributed by atoms with van der Waals surface area (Å²) in [6.45, 7) is 2.98. The Morgan fingerprint density at radius 1 is 1.15 bits per heavy atom. The number of nitrogens with zero attached hydrogens (tertiary/aromatic N) is 1. The van der Waals surface area contributed by atoms with Crippen molar-refractivity contribution in [3.05, 3.63) is 64.7 Å². The van der Waals surface area contributed by atoms with E-state index in [1.807, 2.05) is 30.3 Å². The maximum absolute atomic E-state index is 8.89. The number of nitriles is 1. The van der Waals surface area contributed by atoms with Crippen LogP contribution in [0.3, 0.4) is 0 Å². The molecule has 0 amide bonds. The number of hydrogen-bond donors (Lipinski definition) is 0. The van der Waals surface area contributed by atoms with Crippen molar-refractivity contribution in [2.24, 2.45) is 0 Å². The lowest BCUT2D eigenvalue weighted by molar-refractivity contribution is 0.333. The summed E-state index contributed by atoms with van der Waals surface area (Å²) in [7, 11) is 0. The van der Waals surface area contributed by atoms with Crippen molar-refractivity contribution in [2.75, 3.05) is 0 Å². The van der Waals surface area contributed by atoms with Gasteiger partial charge in [0.05, 0.1) is 18.2 Å². The van der Waals surface area contributed by atoms with Gasteiger partial charge in [0.25, 0.3) is 0 Å². The van der Waals surface area contributed by atoms with Crippen LogP contribution in [-0.4, -0.2) is 6.92 Å². The first-order chi connectivity index (χ1) is 9.76. The molecule has 2 aromatic rings. The van der Waals surface area contributed by atoms with Crippen LogP contribution in [0.2, 0.25) is 6.82 Å². The molecule has 0 spiro atoms. The Labute approximate surface area is 119 Å². The molecule has 0 fully saturated rings. The van der Waals surface area contributed by atoms with Crippen LogP contribution in [0.4, 0.5) is 0 Å². The highest BCUT2D eigenvalue weighted by molar-refractivity contribution is 6.67. The minimum atomic E-state index is 0.204. The summed E-state index contributed by atoms with van der Waals surface area (Å²) in [6.07, 6.45) is 4.10. The highest BCUT2D eigenvalue weighted by atomic mass is 16.4. The second-order valence-corrected chi connectivity index (χ2v) is 4.98. The second-order valence-electron chi connectivity index (χ2n) is 4.98. The van der Waals surface area contributed by atoms with Gasteiger partial charge in [-0.1, -0.05) is 43.2 Å². The van der Waals surface area contributed by atoms with Gasteiger partial charge in [0, 0.05) is 0 Å². The van der Waals surface area contributed by atoms with Crippen molar-refractivity contribution < 1.29 is 4.65 Å². The van der Waals surface area contributed by atoms with Crippen molar-refractivity contribution >= 4 is 24.5 Å². The molecule has 96 valence electrons. The Morgan fingerprint density at radius 2 is 1.95 bits per heavy atom. The Balaban J connectivity index is 1.84. The molecule has 0 bridgehead atoms. The van der Waals surface area contributed by atoms with Crippen LogP contribution in [-0.2, 0) is 11.3 Å². The first-order valence-corrected chi connectivity index (χ1v) is 6.69. The molecule has 1 aliphatic rings. The van der Waals surface area contributed by atoms with Gasteiger partial charge in [-0.3, -0.25) is 0 Å². The zero-order valence-electron chi connectivity index (χ0n) is 11.3. The van der Waals surface area contributed by atoms with E-state index in [1.165, 1.54) is 11.0 Å². The van der Waals surface area contributed by atoms with Crippen LogP contribution in [0.25, 0.3) is 12.2 Å². The van der Waals surface area contributed by atoms with Gasteiger partial charge in [-0.2, -0.15) is 5.26 Å². The minimum absolute atomic E-state index is 0.204. The molecule has 0 saturated carbocycles. The second kappa shape index (κ2) is 5.36. The van der Waals surface area contributed by atoms with Gasteiger partial charge in [-0.05, 0) is 40.4 Å². The van der Waals surface area contributed by atoms with Crippen LogP contribution in [0, 0.1) is 11.3 Å². The molecule has 0 atom stereocenters. The zero-order valence-corrected chi connectivity index (χ0v) is 11.3. The fourth-order valence-electron chi connectivity index (χ4n) is 2.46. The minimum Gasteiger partial charge on any atom is -0.427 e. The fourth-order valence-corrected chi connectivity index (χ4v) is 2.46. The normalized spacial score (nSPS) is 13.5. The summed E-state index contributed by atoms with van der Waals surface area (Å²) in [4.78, 5) is 0. The average Bonchev–Trinajstić information content (AvgIpc) is 2.86. The van der Waals surface area contributed by atoms with Gasteiger partial charge in [-0.15, -0.1) is 0 Å². The highest BCUT2D eigenvalue weighted by Gasteiger charge is 2.22. The molecule has 2 nitrogen and oxygen atoms in total. The lowest BCUT2D eigenvalue weighted by Gasteiger charge is -2.01. The standard InChI is InChI=1S/C17H14BNO/c1-18-17-8-7-14(10-16(17)12-20-18)6-5-13-3-2-4-15(9-13)11-19/h2-10H,12H2,1H3/b6-5+. The smallest absolute Gasteiger partial charge is 0.324 e. The van der Waals surface area contributed by atoms with Crippen molar-refractivity contribution in [3.63, 3.8) is 0 Å². The van der Waals surface area contributed by atoms with Gasteiger partial charge in [0.2, 0.25) is 0 Å². The highest BCUT2D eigenvalue weighted by Crippen LogP contribution is 2.15. The molecule has 0 saturated heterocycles. The molecule has 0 unspecified atom stereocenters. The molecule has 0 radical (unpaired) electrons. The Hall–Kier alpha value is -2.31. The molecule has 20 heavy (non-hydrogen) atoms. The molecule has 2 aromatic carbocycles. The van der Waals surface area contributed by atoms with E-state index in [0.717, 1.165) is 11.1 Å². The van der Waals surface area contributed by atoms with Crippen LogP contribution in [0.5, 0.6) is 0 Å². The molecule has 0 aliphatic carbocycles. The molecular formula is C17H14BNO. The largest absolute Gasteiger partial charge is 0.427 e. The van der Waals surface area contributed by atoms with E-state index in [2.05, 4.69) is 37.2 Å². The Kier molecular flexibility index (Phi) is 3.41. The van der Waals surface area contributed by atoms with E-state index in [-0.39, 0.29) is 6.92 Å². The summed E-state index contributed by atoms with van der Waals surface area (Å²) >= 11 is 0. The maximum Gasteiger partial charge on any atom is 0.324 e. The van der Waals surface area contributed by atoms with Gasteiger partial charge in [-0.25, -0.2) is 0 Å². The quantitative estimate of drug-likeness (QED) is 0.613. The third-order valence-corrected chi connectivity index (χ3v) is 3.58. The molecule has 1 aliphatic heterocycles. The summed E-state index contributed by atoms with van der Waals surface area (Å²) in [5, 5.41) is 8.89. The predicted molar refractivity (Wildman–Crippen MR) is 82.6 cm³/mol. The molecule has 0 aromatic heterocycles. The fraction of sp³-hybridized carbons (Fsp3) is 0.118. The van der Waals surface area contributed by atoms with Crippen molar-refractivity contribution in [1.82, 2.24) is 0 Å².